The largest absolute Gasteiger partial charge is 0.352 e. The van der Waals surface area contributed by atoms with Crippen LogP contribution in [0.4, 0.5) is 0 Å². The molecule has 0 atom stereocenters. The molecule has 16 heavy (non-hydrogen) atoms. The summed E-state index contributed by atoms with van der Waals surface area (Å²) in [6, 6.07) is 0.459. The second-order valence-electron chi connectivity index (χ2n) is 4.58. The number of carbonyl (C=O) groups excluding carboxylic acids is 1. The maximum atomic E-state index is 11.7. The van der Waals surface area contributed by atoms with Crippen molar-refractivity contribution in [2.75, 3.05) is 32.7 Å². The predicted octanol–water partition coefficient (Wildman–Crippen LogP) is 0.372. The van der Waals surface area contributed by atoms with E-state index >= 15 is 0 Å². The molecule has 0 spiro atoms. The summed E-state index contributed by atoms with van der Waals surface area (Å²) >= 11 is 0. The van der Waals surface area contributed by atoms with Crippen molar-refractivity contribution in [3.05, 3.63) is 0 Å². The standard InChI is InChI=1S/C11H21N3O.ClH/c15-11(13-10-3-1-2-4-10)9-14-7-5-12-6-8-14;/h10,12H,1-9H2,(H,13,15);1H. The Morgan fingerprint density at radius 2 is 1.88 bits per heavy atom. The molecule has 0 unspecified atom stereocenters. The lowest BCUT2D eigenvalue weighted by Crippen LogP contribution is -2.48. The second kappa shape index (κ2) is 7.09. The van der Waals surface area contributed by atoms with Crippen LogP contribution in [0.3, 0.4) is 0 Å². The van der Waals surface area contributed by atoms with Crippen LogP contribution in [0, 0.1) is 0 Å². The van der Waals surface area contributed by atoms with Crippen molar-refractivity contribution in [1.82, 2.24) is 15.5 Å². The van der Waals surface area contributed by atoms with Gasteiger partial charge in [0.15, 0.2) is 0 Å². The minimum atomic E-state index is 0. The van der Waals surface area contributed by atoms with Crippen LogP contribution in [0.15, 0.2) is 0 Å². The summed E-state index contributed by atoms with van der Waals surface area (Å²) in [5.74, 6) is 0.212. The zero-order valence-electron chi connectivity index (χ0n) is 9.71. The summed E-state index contributed by atoms with van der Waals surface area (Å²) in [5, 5.41) is 6.41. The highest BCUT2D eigenvalue weighted by Crippen LogP contribution is 2.17. The smallest absolute Gasteiger partial charge is 0.234 e. The lowest BCUT2D eigenvalue weighted by Gasteiger charge is -2.27. The Hall–Kier alpha value is -0.320. The quantitative estimate of drug-likeness (QED) is 0.758. The van der Waals surface area contributed by atoms with E-state index in [0.29, 0.717) is 12.6 Å². The maximum absolute atomic E-state index is 11.7. The molecule has 0 aromatic carbocycles. The van der Waals surface area contributed by atoms with Crippen LogP contribution in [-0.4, -0.2) is 49.6 Å². The van der Waals surface area contributed by atoms with Gasteiger partial charge >= 0.3 is 0 Å². The number of nitrogens with one attached hydrogen (secondary N) is 2. The number of hydrogen-bond donors (Lipinski definition) is 2. The van der Waals surface area contributed by atoms with Crippen molar-refractivity contribution in [3.63, 3.8) is 0 Å². The highest BCUT2D eigenvalue weighted by molar-refractivity contribution is 5.85. The Morgan fingerprint density at radius 1 is 1.25 bits per heavy atom. The van der Waals surface area contributed by atoms with Crippen molar-refractivity contribution >= 4 is 18.3 Å². The third-order valence-electron chi connectivity index (χ3n) is 3.30. The molecule has 1 heterocycles. The normalized spacial score (nSPS) is 22.8. The molecule has 5 heteroatoms. The van der Waals surface area contributed by atoms with E-state index in [-0.39, 0.29) is 18.3 Å². The predicted molar refractivity (Wildman–Crippen MR) is 67.0 cm³/mol. The summed E-state index contributed by atoms with van der Waals surface area (Å²) in [5.41, 5.74) is 0. The monoisotopic (exact) mass is 247 g/mol. The highest BCUT2D eigenvalue weighted by atomic mass is 35.5. The average Bonchev–Trinajstić information content (AvgIpc) is 2.71. The van der Waals surface area contributed by atoms with Crippen LogP contribution in [0.25, 0.3) is 0 Å². The number of carbonyl (C=O) groups is 1. The van der Waals surface area contributed by atoms with Crippen molar-refractivity contribution in [1.29, 1.82) is 0 Å². The van der Waals surface area contributed by atoms with Gasteiger partial charge in [-0.15, -0.1) is 12.4 Å². The number of piperazine rings is 1. The molecule has 2 N–H and O–H groups in total. The van der Waals surface area contributed by atoms with E-state index in [9.17, 15) is 4.79 Å². The van der Waals surface area contributed by atoms with Crippen molar-refractivity contribution in [2.45, 2.75) is 31.7 Å². The molecule has 0 aromatic heterocycles. The minimum absolute atomic E-state index is 0. The van der Waals surface area contributed by atoms with Crippen LogP contribution < -0.4 is 10.6 Å². The first-order valence-electron chi connectivity index (χ1n) is 6.07. The number of rotatable bonds is 3. The molecule has 1 aliphatic carbocycles. The first kappa shape index (κ1) is 13.7. The summed E-state index contributed by atoms with van der Waals surface area (Å²) in [6.07, 6.45) is 4.90. The molecule has 4 nitrogen and oxygen atoms in total. The molecule has 2 rings (SSSR count). The molecular weight excluding hydrogens is 226 g/mol. The van der Waals surface area contributed by atoms with Gasteiger partial charge in [-0.25, -0.2) is 0 Å². The Labute approximate surface area is 104 Å². The summed E-state index contributed by atoms with van der Waals surface area (Å²) in [6.45, 7) is 4.60. The van der Waals surface area contributed by atoms with Crippen LogP contribution >= 0.6 is 12.4 Å². The number of amides is 1. The summed E-state index contributed by atoms with van der Waals surface area (Å²) in [7, 11) is 0. The van der Waals surface area contributed by atoms with E-state index in [1.807, 2.05) is 0 Å². The van der Waals surface area contributed by atoms with E-state index in [4.69, 9.17) is 0 Å². The van der Waals surface area contributed by atoms with Gasteiger partial charge in [0.05, 0.1) is 6.54 Å². The van der Waals surface area contributed by atoms with Gasteiger partial charge in [0.25, 0.3) is 0 Å². The van der Waals surface area contributed by atoms with Gasteiger partial charge in [0.1, 0.15) is 0 Å². The Bertz CT molecular complexity index is 213. The van der Waals surface area contributed by atoms with Crippen molar-refractivity contribution < 1.29 is 4.79 Å². The third kappa shape index (κ3) is 4.28. The number of halogens is 1. The van der Waals surface area contributed by atoms with Gasteiger partial charge in [0, 0.05) is 32.2 Å². The molecule has 0 bridgehead atoms. The molecule has 2 fully saturated rings. The second-order valence-corrected chi connectivity index (χ2v) is 4.58. The van der Waals surface area contributed by atoms with E-state index in [1.165, 1.54) is 25.7 Å². The van der Waals surface area contributed by atoms with E-state index < -0.39 is 0 Å². The van der Waals surface area contributed by atoms with Gasteiger partial charge < -0.3 is 10.6 Å². The zero-order valence-corrected chi connectivity index (χ0v) is 10.5. The molecule has 1 aliphatic heterocycles. The lowest BCUT2D eigenvalue weighted by molar-refractivity contribution is -0.123. The van der Waals surface area contributed by atoms with Gasteiger partial charge in [-0.05, 0) is 12.8 Å². The Balaban J connectivity index is 0.00000128. The van der Waals surface area contributed by atoms with Crippen LogP contribution in [0.5, 0.6) is 0 Å². The molecule has 0 aromatic rings. The molecule has 2 aliphatic rings. The fourth-order valence-corrected chi connectivity index (χ4v) is 2.42. The molecule has 94 valence electrons. The lowest BCUT2D eigenvalue weighted by atomic mass is 10.2. The van der Waals surface area contributed by atoms with E-state index in [2.05, 4.69) is 15.5 Å². The molecule has 1 saturated heterocycles. The molecule has 1 saturated carbocycles. The van der Waals surface area contributed by atoms with E-state index in [1.54, 1.807) is 0 Å². The Kier molecular flexibility index (Phi) is 6.09. The Morgan fingerprint density at radius 3 is 2.50 bits per heavy atom. The average molecular weight is 248 g/mol. The third-order valence-corrected chi connectivity index (χ3v) is 3.30. The number of nitrogens with zero attached hydrogens (tertiary/aromatic N) is 1. The van der Waals surface area contributed by atoms with Crippen molar-refractivity contribution in [2.24, 2.45) is 0 Å². The fraction of sp³-hybridized carbons (Fsp3) is 0.909. The summed E-state index contributed by atoms with van der Waals surface area (Å²) < 4.78 is 0. The van der Waals surface area contributed by atoms with Crippen molar-refractivity contribution in [3.8, 4) is 0 Å². The van der Waals surface area contributed by atoms with Crippen LogP contribution in [0.2, 0.25) is 0 Å². The van der Waals surface area contributed by atoms with Gasteiger partial charge in [0.2, 0.25) is 5.91 Å². The maximum Gasteiger partial charge on any atom is 0.234 e. The van der Waals surface area contributed by atoms with Crippen LogP contribution in [-0.2, 0) is 4.79 Å². The first-order valence-corrected chi connectivity index (χ1v) is 6.07. The first-order chi connectivity index (χ1) is 7.34. The SMILES string of the molecule is Cl.O=C(CN1CCNCC1)NC1CCCC1. The highest BCUT2D eigenvalue weighted by Gasteiger charge is 2.19. The van der Waals surface area contributed by atoms with Gasteiger partial charge in [-0.1, -0.05) is 12.8 Å². The van der Waals surface area contributed by atoms with Gasteiger partial charge in [-0.2, -0.15) is 0 Å². The van der Waals surface area contributed by atoms with Crippen LogP contribution in [0.1, 0.15) is 25.7 Å². The minimum Gasteiger partial charge on any atom is -0.352 e. The zero-order chi connectivity index (χ0) is 10.5. The van der Waals surface area contributed by atoms with Gasteiger partial charge in [-0.3, -0.25) is 9.69 Å². The summed E-state index contributed by atoms with van der Waals surface area (Å²) in [4.78, 5) is 13.9. The fourth-order valence-electron chi connectivity index (χ4n) is 2.42. The molecular formula is C11H22ClN3O. The van der Waals surface area contributed by atoms with E-state index in [0.717, 1.165) is 26.2 Å². The topological polar surface area (TPSA) is 44.4 Å². The molecule has 1 amide bonds. The number of hydrogen-bond acceptors (Lipinski definition) is 3. The molecule has 0 radical (unpaired) electrons.